The van der Waals surface area contributed by atoms with E-state index in [1.165, 1.54) is 7.11 Å². The second-order valence-electron chi connectivity index (χ2n) is 6.78. The molecule has 1 unspecified atom stereocenters. The lowest BCUT2D eigenvalue weighted by molar-refractivity contribution is -0.118. The lowest BCUT2D eigenvalue weighted by atomic mass is 10.0. The second-order valence-corrected chi connectivity index (χ2v) is 9.41. The first kappa shape index (κ1) is 21.3. The Kier molecular flexibility index (Phi) is 6.94. The summed E-state index contributed by atoms with van der Waals surface area (Å²) in [6.45, 7) is 3.59. The van der Waals surface area contributed by atoms with Gasteiger partial charge in [-0.1, -0.05) is 25.4 Å². The molecule has 1 aromatic carbocycles. The topological polar surface area (TPSA) is 114 Å². The molecule has 150 valence electrons. The van der Waals surface area contributed by atoms with Crippen molar-refractivity contribution in [2.75, 3.05) is 23.9 Å². The third-order valence-electron chi connectivity index (χ3n) is 4.22. The molecule has 0 spiro atoms. The summed E-state index contributed by atoms with van der Waals surface area (Å²) in [5.74, 6) is -0.121. The monoisotopic (exact) mass is 417 g/mol. The van der Waals surface area contributed by atoms with E-state index in [1.54, 1.807) is 32.0 Å². The van der Waals surface area contributed by atoms with Gasteiger partial charge < -0.3 is 20.7 Å². The maximum atomic E-state index is 12.6. The van der Waals surface area contributed by atoms with Gasteiger partial charge in [-0.05, 0) is 30.5 Å². The predicted molar refractivity (Wildman–Crippen MR) is 104 cm³/mol. The van der Waals surface area contributed by atoms with Crippen molar-refractivity contribution in [2.24, 2.45) is 5.92 Å². The number of rotatable bonds is 6. The normalized spacial score (nSPS) is 19.4. The van der Waals surface area contributed by atoms with Crippen LogP contribution in [-0.4, -0.2) is 51.1 Å². The number of urea groups is 1. The molecule has 1 aliphatic rings. The Hall–Kier alpha value is -2.00. The number of sulfone groups is 1. The van der Waals surface area contributed by atoms with Crippen LogP contribution in [0.1, 0.15) is 20.3 Å². The maximum Gasteiger partial charge on any atom is 0.315 e. The molecule has 1 fully saturated rings. The van der Waals surface area contributed by atoms with E-state index in [1.807, 2.05) is 0 Å². The highest BCUT2D eigenvalue weighted by molar-refractivity contribution is 7.91. The molecular formula is C17H24ClN3O5S. The van der Waals surface area contributed by atoms with Gasteiger partial charge in [0.25, 0.3) is 0 Å². The van der Waals surface area contributed by atoms with Crippen LogP contribution in [0.2, 0.25) is 5.02 Å². The van der Waals surface area contributed by atoms with Gasteiger partial charge in [0.1, 0.15) is 11.8 Å². The Balaban J connectivity index is 1.98. The van der Waals surface area contributed by atoms with Crippen LogP contribution in [0.15, 0.2) is 18.2 Å². The SMILES string of the molecule is COc1ccc(NC(=O)[C@H](NC(=O)NC2CCS(=O)(=O)C2)C(C)C)cc1Cl. The molecule has 1 heterocycles. The van der Waals surface area contributed by atoms with Crippen LogP contribution in [0.4, 0.5) is 10.5 Å². The summed E-state index contributed by atoms with van der Waals surface area (Å²) in [6, 6.07) is 3.01. The number of anilines is 1. The Morgan fingerprint density at radius 2 is 2.00 bits per heavy atom. The Morgan fingerprint density at radius 1 is 1.30 bits per heavy atom. The minimum Gasteiger partial charge on any atom is -0.495 e. The summed E-state index contributed by atoms with van der Waals surface area (Å²) in [5, 5.41) is 8.29. The van der Waals surface area contributed by atoms with Crippen molar-refractivity contribution in [2.45, 2.75) is 32.4 Å². The molecule has 1 saturated heterocycles. The van der Waals surface area contributed by atoms with Gasteiger partial charge in [0.05, 0.1) is 23.6 Å². The molecule has 8 nitrogen and oxygen atoms in total. The molecule has 1 aromatic rings. The van der Waals surface area contributed by atoms with Crippen molar-refractivity contribution < 1.29 is 22.7 Å². The second kappa shape index (κ2) is 8.79. The van der Waals surface area contributed by atoms with Gasteiger partial charge in [-0.2, -0.15) is 0 Å². The molecule has 0 radical (unpaired) electrons. The van der Waals surface area contributed by atoms with Crippen LogP contribution in [-0.2, 0) is 14.6 Å². The standard InChI is InChI=1S/C17H24ClN3O5S/c1-10(2)15(21-17(23)20-12-6-7-27(24,25)9-12)16(22)19-11-4-5-14(26-3)13(18)8-11/h4-5,8,10,12,15H,6-7,9H2,1-3H3,(H,19,22)(H2,20,21,23)/t12?,15-/m1/s1. The molecule has 2 atom stereocenters. The van der Waals surface area contributed by atoms with E-state index < -0.39 is 33.9 Å². The molecule has 0 aliphatic carbocycles. The largest absolute Gasteiger partial charge is 0.495 e. The van der Waals surface area contributed by atoms with Gasteiger partial charge in [-0.25, -0.2) is 13.2 Å². The van der Waals surface area contributed by atoms with Crippen LogP contribution in [0.25, 0.3) is 0 Å². The van der Waals surface area contributed by atoms with Crippen LogP contribution in [0.3, 0.4) is 0 Å². The molecule has 0 saturated carbocycles. The zero-order valence-corrected chi connectivity index (χ0v) is 17.0. The van der Waals surface area contributed by atoms with E-state index in [4.69, 9.17) is 16.3 Å². The van der Waals surface area contributed by atoms with Gasteiger partial charge in [-0.3, -0.25) is 4.79 Å². The van der Waals surface area contributed by atoms with Crippen molar-refractivity contribution >= 4 is 39.1 Å². The van der Waals surface area contributed by atoms with Gasteiger partial charge in [-0.15, -0.1) is 0 Å². The summed E-state index contributed by atoms with van der Waals surface area (Å²) in [5.41, 5.74) is 0.473. The summed E-state index contributed by atoms with van der Waals surface area (Å²) in [7, 11) is -1.60. The van der Waals surface area contributed by atoms with E-state index >= 15 is 0 Å². The van der Waals surface area contributed by atoms with E-state index in [0.29, 0.717) is 22.9 Å². The van der Waals surface area contributed by atoms with E-state index in [-0.39, 0.29) is 17.4 Å². The first-order valence-electron chi connectivity index (χ1n) is 8.53. The number of carbonyl (C=O) groups excluding carboxylic acids is 2. The fourth-order valence-corrected chi connectivity index (χ4v) is 4.71. The molecule has 3 N–H and O–H groups in total. The van der Waals surface area contributed by atoms with Gasteiger partial charge >= 0.3 is 6.03 Å². The fraction of sp³-hybridized carbons (Fsp3) is 0.529. The van der Waals surface area contributed by atoms with Crippen LogP contribution in [0.5, 0.6) is 5.75 Å². The maximum absolute atomic E-state index is 12.6. The third kappa shape index (κ3) is 6.00. The minimum atomic E-state index is -3.10. The van der Waals surface area contributed by atoms with Crippen molar-refractivity contribution in [1.82, 2.24) is 10.6 Å². The number of hydrogen-bond acceptors (Lipinski definition) is 5. The number of amides is 3. The van der Waals surface area contributed by atoms with Crippen LogP contribution in [0, 0.1) is 5.92 Å². The first-order valence-corrected chi connectivity index (χ1v) is 10.7. The Labute approximate surface area is 163 Å². The van der Waals surface area contributed by atoms with E-state index in [2.05, 4.69) is 16.0 Å². The summed E-state index contributed by atoms with van der Waals surface area (Å²) in [6.07, 6.45) is 0.374. The fourth-order valence-electron chi connectivity index (χ4n) is 2.78. The quantitative estimate of drug-likeness (QED) is 0.653. The van der Waals surface area contributed by atoms with Crippen LogP contribution < -0.4 is 20.7 Å². The summed E-state index contributed by atoms with van der Waals surface area (Å²) >= 11 is 6.05. The summed E-state index contributed by atoms with van der Waals surface area (Å²) < 4.78 is 28.0. The Morgan fingerprint density at radius 3 is 2.52 bits per heavy atom. The molecule has 10 heteroatoms. The molecule has 0 aromatic heterocycles. The molecule has 27 heavy (non-hydrogen) atoms. The molecular weight excluding hydrogens is 394 g/mol. The lowest BCUT2D eigenvalue weighted by Crippen LogP contribution is -2.52. The predicted octanol–water partition coefficient (Wildman–Crippen LogP) is 1.80. The number of methoxy groups -OCH3 is 1. The van der Waals surface area contributed by atoms with Gasteiger partial charge in [0.15, 0.2) is 9.84 Å². The average molecular weight is 418 g/mol. The number of benzene rings is 1. The highest BCUT2D eigenvalue weighted by Gasteiger charge is 2.30. The molecule has 2 rings (SSSR count). The van der Waals surface area contributed by atoms with E-state index in [9.17, 15) is 18.0 Å². The number of nitrogens with one attached hydrogen (secondary N) is 3. The number of halogens is 1. The van der Waals surface area contributed by atoms with Crippen molar-refractivity contribution in [3.63, 3.8) is 0 Å². The average Bonchev–Trinajstić information content (AvgIpc) is 2.91. The highest BCUT2D eigenvalue weighted by atomic mass is 35.5. The first-order chi connectivity index (χ1) is 12.6. The summed E-state index contributed by atoms with van der Waals surface area (Å²) in [4.78, 5) is 24.8. The number of ether oxygens (including phenoxy) is 1. The molecule has 0 bridgehead atoms. The van der Waals surface area contributed by atoms with E-state index in [0.717, 1.165) is 0 Å². The Bertz CT molecular complexity index is 813. The minimum absolute atomic E-state index is 0.0598. The van der Waals surface area contributed by atoms with Gasteiger partial charge in [0, 0.05) is 11.7 Å². The van der Waals surface area contributed by atoms with Crippen molar-refractivity contribution in [3.05, 3.63) is 23.2 Å². The molecule has 3 amide bonds. The zero-order valence-electron chi connectivity index (χ0n) is 15.4. The number of hydrogen-bond donors (Lipinski definition) is 3. The smallest absolute Gasteiger partial charge is 0.315 e. The van der Waals surface area contributed by atoms with Crippen molar-refractivity contribution in [3.8, 4) is 5.75 Å². The number of carbonyl (C=O) groups is 2. The van der Waals surface area contributed by atoms with Crippen LogP contribution >= 0.6 is 11.6 Å². The van der Waals surface area contributed by atoms with Crippen molar-refractivity contribution in [1.29, 1.82) is 0 Å². The molecule has 1 aliphatic heterocycles. The lowest BCUT2D eigenvalue weighted by Gasteiger charge is -2.23. The highest BCUT2D eigenvalue weighted by Crippen LogP contribution is 2.27. The van der Waals surface area contributed by atoms with Gasteiger partial charge in [0.2, 0.25) is 5.91 Å². The third-order valence-corrected chi connectivity index (χ3v) is 6.29. The zero-order chi connectivity index (χ0) is 20.2.